The first kappa shape index (κ1) is 13.4. The van der Waals surface area contributed by atoms with Crippen molar-refractivity contribution in [2.45, 2.75) is 0 Å². The summed E-state index contributed by atoms with van der Waals surface area (Å²) in [6.45, 7) is 0. The molecule has 0 spiro atoms. The quantitative estimate of drug-likeness (QED) is 0.235. The van der Waals surface area contributed by atoms with Gasteiger partial charge in [0.2, 0.25) is 0 Å². The van der Waals surface area contributed by atoms with Gasteiger partial charge in [-0.15, -0.1) is 0 Å². The predicted molar refractivity (Wildman–Crippen MR) is 57.2 cm³/mol. The number of aliphatic imine (C=N–C) groups is 1. The van der Waals surface area contributed by atoms with E-state index in [4.69, 9.17) is 11.0 Å². The molecule has 0 bridgehead atoms. The summed E-state index contributed by atoms with van der Waals surface area (Å²) in [7, 11) is -0.757. The molecule has 0 rings (SSSR count). The Morgan fingerprint density at radius 1 is 1.53 bits per heavy atom. The molecule has 15 heavy (non-hydrogen) atoms. The topological polar surface area (TPSA) is 120 Å². The number of hydrogen-bond donors (Lipinski definition) is 3. The molecule has 0 unspecified atom stereocenters. The van der Waals surface area contributed by atoms with Crippen molar-refractivity contribution < 1.29 is 8.42 Å². The zero-order valence-electron chi connectivity index (χ0n) is 8.70. The minimum absolute atomic E-state index is 0.0916. The second-order valence-electron chi connectivity index (χ2n) is 2.58. The van der Waals surface area contributed by atoms with E-state index in [1.54, 1.807) is 6.07 Å². The molecule has 0 aliphatic carbocycles. The SMILES string of the molecule is C/N=C(\C(C#N)=C(\N)NNC)S(C)(=O)=O. The molecule has 0 aromatic rings. The number of nitrogens with two attached hydrogens (primary N) is 1. The van der Waals surface area contributed by atoms with Crippen molar-refractivity contribution in [2.75, 3.05) is 20.4 Å². The lowest BCUT2D eigenvalue weighted by atomic mass is 10.3. The average molecular weight is 231 g/mol. The zero-order chi connectivity index (χ0) is 12.1. The highest BCUT2D eigenvalue weighted by atomic mass is 32.2. The molecule has 0 aromatic heterocycles. The van der Waals surface area contributed by atoms with Crippen molar-refractivity contribution >= 4 is 14.9 Å². The number of nitriles is 1. The van der Waals surface area contributed by atoms with Crippen LogP contribution in [-0.4, -0.2) is 33.8 Å². The predicted octanol–water partition coefficient (Wildman–Crippen LogP) is -1.52. The van der Waals surface area contributed by atoms with E-state index < -0.39 is 9.84 Å². The number of rotatable bonds is 3. The monoisotopic (exact) mass is 231 g/mol. The Morgan fingerprint density at radius 3 is 2.33 bits per heavy atom. The Bertz CT molecular complexity index is 429. The van der Waals surface area contributed by atoms with Crippen molar-refractivity contribution in [1.82, 2.24) is 10.9 Å². The van der Waals surface area contributed by atoms with Crippen LogP contribution < -0.4 is 16.6 Å². The van der Waals surface area contributed by atoms with Crippen LogP contribution in [0.4, 0.5) is 0 Å². The van der Waals surface area contributed by atoms with Gasteiger partial charge in [-0.2, -0.15) is 5.26 Å². The minimum Gasteiger partial charge on any atom is -0.383 e. The van der Waals surface area contributed by atoms with Crippen LogP contribution in [0.25, 0.3) is 0 Å². The van der Waals surface area contributed by atoms with Gasteiger partial charge in [-0.1, -0.05) is 0 Å². The van der Waals surface area contributed by atoms with E-state index in [0.717, 1.165) is 6.26 Å². The third-order valence-corrected chi connectivity index (χ3v) is 2.50. The van der Waals surface area contributed by atoms with E-state index in [0.29, 0.717) is 0 Å². The summed E-state index contributed by atoms with van der Waals surface area (Å²) < 4.78 is 22.5. The van der Waals surface area contributed by atoms with Crippen molar-refractivity contribution in [3.05, 3.63) is 11.4 Å². The molecule has 0 radical (unpaired) electrons. The van der Waals surface area contributed by atoms with Crippen LogP contribution in [0.15, 0.2) is 16.4 Å². The molecule has 0 heterocycles. The van der Waals surface area contributed by atoms with Gasteiger partial charge < -0.3 is 11.2 Å². The Kier molecular flexibility index (Phi) is 4.77. The highest BCUT2D eigenvalue weighted by molar-refractivity contribution is 8.06. The van der Waals surface area contributed by atoms with E-state index in [1.165, 1.54) is 14.1 Å². The third kappa shape index (κ3) is 3.57. The van der Waals surface area contributed by atoms with Crippen LogP contribution in [0, 0.1) is 11.3 Å². The van der Waals surface area contributed by atoms with Crippen LogP contribution in [-0.2, 0) is 9.84 Å². The van der Waals surface area contributed by atoms with Gasteiger partial charge in [0.1, 0.15) is 17.5 Å². The summed E-state index contributed by atoms with van der Waals surface area (Å²) in [6, 6.07) is 1.69. The number of nitrogens with zero attached hydrogens (tertiary/aromatic N) is 2. The Hall–Kier alpha value is -1.59. The van der Waals surface area contributed by atoms with E-state index in [-0.39, 0.29) is 16.4 Å². The molecule has 0 aliphatic rings. The van der Waals surface area contributed by atoms with Crippen LogP contribution >= 0.6 is 0 Å². The number of sulfone groups is 1. The smallest absolute Gasteiger partial charge is 0.193 e. The standard InChI is InChI=1S/C7H13N5O2S/c1-10-7(15(3,13)14)5(4-8)6(9)12-11-2/h11-12H,9H2,1-3H3/b6-5-,10-7+. The van der Waals surface area contributed by atoms with Gasteiger partial charge in [-0.05, 0) is 0 Å². The average Bonchev–Trinajstić information content (AvgIpc) is 2.11. The Balaban J connectivity index is 5.54. The lowest BCUT2D eigenvalue weighted by molar-refractivity contribution is 0.612. The second kappa shape index (κ2) is 5.33. The van der Waals surface area contributed by atoms with Crippen LogP contribution in [0.5, 0.6) is 0 Å². The van der Waals surface area contributed by atoms with Crippen LogP contribution in [0.2, 0.25) is 0 Å². The Labute approximate surface area is 88.6 Å². The second-order valence-corrected chi connectivity index (χ2v) is 4.51. The van der Waals surface area contributed by atoms with Crippen LogP contribution in [0.3, 0.4) is 0 Å². The summed E-state index contributed by atoms with van der Waals surface area (Å²) in [5.41, 5.74) is 10.1. The molecule has 7 nitrogen and oxygen atoms in total. The number of nitrogens with one attached hydrogen (secondary N) is 2. The molecule has 0 aliphatic heterocycles. The molecule has 4 N–H and O–H groups in total. The highest BCUT2D eigenvalue weighted by Gasteiger charge is 2.20. The number of hydrogen-bond acceptors (Lipinski definition) is 7. The van der Waals surface area contributed by atoms with E-state index >= 15 is 0 Å². The molecule has 8 heteroatoms. The first-order chi connectivity index (χ1) is 6.88. The molecular formula is C7H13N5O2S. The maximum atomic E-state index is 11.3. The molecule has 0 saturated heterocycles. The van der Waals surface area contributed by atoms with Gasteiger partial charge in [0.05, 0.1) is 0 Å². The fourth-order valence-corrected chi connectivity index (χ4v) is 1.74. The third-order valence-electron chi connectivity index (χ3n) is 1.41. The summed E-state index contributed by atoms with van der Waals surface area (Å²) in [6.07, 6.45) is 0.958. The lowest BCUT2D eigenvalue weighted by Gasteiger charge is -2.07. The maximum Gasteiger partial charge on any atom is 0.193 e. The summed E-state index contributed by atoms with van der Waals surface area (Å²) in [5.74, 6) is -0.0916. The van der Waals surface area contributed by atoms with Gasteiger partial charge >= 0.3 is 0 Å². The van der Waals surface area contributed by atoms with Gasteiger partial charge in [-0.3, -0.25) is 4.99 Å². The number of hydrazine groups is 1. The molecule has 84 valence electrons. The van der Waals surface area contributed by atoms with Gasteiger partial charge in [-0.25, -0.2) is 13.8 Å². The maximum absolute atomic E-state index is 11.3. The first-order valence-electron chi connectivity index (χ1n) is 3.88. The Morgan fingerprint density at radius 2 is 2.07 bits per heavy atom. The van der Waals surface area contributed by atoms with Gasteiger partial charge in [0.15, 0.2) is 14.9 Å². The molecule has 0 atom stereocenters. The van der Waals surface area contributed by atoms with E-state index in [2.05, 4.69) is 15.8 Å². The lowest BCUT2D eigenvalue weighted by Crippen LogP contribution is -2.34. The summed E-state index contributed by atoms with van der Waals surface area (Å²) in [5, 5.41) is 8.44. The van der Waals surface area contributed by atoms with Crippen molar-refractivity contribution in [3.8, 4) is 6.07 Å². The molecule has 0 fully saturated rings. The van der Waals surface area contributed by atoms with Crippen molar-refractivity contribution in [3.63, 3.8) is 0 Å². The van der Waals surface area contributed by atoms with E-state index in [1.807, 2.05) is 0 Å². The van der Waals surface area contributed by atoms with E-state index in [9.17, 15) is 8.42 Å². The summed E-state index contributed by atoms with van der Waals surface area (Å²) in [4.78, 5) is 3.53. The van der Waals surface area contributed by atoms with Crippen molar-refractivity contribution in [1.29, 1.82) is 5.26 Å². The molecule has 0 aromatic carbocycles. The fraction of sp³-hybridized carbons (Fsp3) is 0.429. The van der Waals surface area contributed by atoms with Crippen LogP contribution in [0.1, 0.15) is 0 Å². The normalized spacial score (nSPS) is 14.1. The van der Waals surface area contributed by atoms with Gasteiger partial charge in [0, 0.05) is 20.4 Å². The molecular weight excluding hydrogens is 218 g/mol. The largest absolute Gasteiger partial charge is 0.383 e. The highest BCUT2D eigenvalue weighted by Crippen LogP contribution is 2.04. The fourth-order valence-electron chi connectivity index (χ4n) is 0.883. The van der Waals surface area contributed by atoms with Crippen molar-refractivity contribution in [2.24, 2.45) is 10.7 Å². The minimum atomic E-state index is -3.57. The zero-order valence-corrected chi connectivity index (χ0v) is 9.51. The first-order valence-corrected chi connectivity index (χ1v) is 5.77. The molecule has 0 amide bonds. The van der Waals surface area contributed by atoms with Gasteiger partial charge in [0.25, 0.3) is 0 Å². The summed E-state index contributed by atoms with van der Waals surface area (Å²) >= 11 is 0. The molecule has 0 saturated carbocycles.